The van der Waals surface area contributed by atoms with Crippen molar-refractivity contribution >= 4 is 72.8 Å². The summed E-state index contributed by atoms with van der Waals surface area (Å²) in [5.41, 5.74) is 4.55. The van der Waals surface area contributed by atoms with Gasteiger partial charge in [0, 0.05) is 76.8 Å². The summed E-state index contributed by atoms with van der Waals surface area (Å²) in [6.45, 7) is 5.04. The van der Waals surface area contributed by atoms with Crippen LogP contribution in [0.15, 0.2) is 40.5 Å². The molecule has 0 radical (unpaired) electrons. The maximum Gasteiger partial charge on any atom is 0.417 e. The highest BCUT2D eigenvalue weighted by atomic mass is 32.2. The fourth-order valence-corrected chi connectivity index (χ4v) is 9.70. The van der Waals surface area contributed by atoms with Crippen LogP contribution < -0.4 is 16.3 Å². The molecule has 8 nitrogen and oxygen atoms in total. The molecule has 7 rings (SSSR count). The molecule has 5 heterocycles. The van der Waals surface area contributed by atoms with Crippen molar-refractivity contribution in [1.29, 1.82) is 0 Å². The van der Waals surface area contributed by atoms with E-state index >= 15 is 13.2 Å². The zero-order valence-corrected chi connectivity index (χ0v) is 25.0. The van der Waals surface area contributed by atoms with E-state index in [0.717, 1.165) is 35.0 Å². The lowest BCUT2D eigenvalue weighted by atomic mass is 9.93. The first-order valence-electron chi connectivity index (χ1n) is 13.4. The minimum absolute atomic E-state index is 0.0390. The van der Waals surface area contributed by atoms with Crippen LogP contribution in [0.3, 0.4) is 0 Å². The van der Waals surface area contributed by atoms with Gasteiger partial charge >= 0.3 is 11.9 Å². The first kappa shape index (κ1) is 28.5. The number of nitrogen functional groups attached to an aromatic ring is 1. The third-order valence-electron chi connectivity index (χ3n) is 8.18. The standard InChI is InChI=1S/C28H24F4N6O2S3/c1-2-18(39)36-5-7-37(8-6-36)24-15-9-16(28(30,31)32)19(14-3-4-17(29)22-20(14)34-25(33)43-22)23-21(15)38(26(40)35-24)10-27(13-42-23)11-41-12-27/h2-4,9H,1,5-8,10-13H2,(H2,33,34). The van der Waals surface area contributed by atoms with Crippen LogP contribution in [0.2, 0.25) is 0 Å². The smallest absolute Gasteiger partial charge is 0.375 e. The molecular formula is C28H24F4N6O2S3. The minimum Gasteiger partial charge on any atom is -0.375 e. The molecule has 3 aliphatic heterocycles. The number of piperazine rings is 1. The second-order valence-electron chi connectivity index (χ2n) is 10.9. The molecule has 3 aliphatic rings. The Balaban J connectivity index is 1.53. The van der Waals surface area contributed by atoms with Gasteiger partial charge in [-0.15, -0.1) is 11.8 Å². The van der Waals surface area contributed by atoms with Crippen molar-refractivity contribution in [2.24, 2.45) is 5.41 Å². The van der Waals surface area contributed by atoms with E-state index in [-0.39, 0.29) is 62.1 Å². The quantitative estimate of drug-likeness (QED) is 0.243. The molecule has 2 N–H and O–H groups in total. The van der Waals surface area contributed by atoms with Crippen LogP contribution in [0.5, 0.6) is 0 Å². The summed E-state index contributed by atoms with van der Waals surface area (Å²) in [4.78, 5) is 38.1. The summed E-state index contributed by atoms with van der Waals surface area (Å²) >= 11 is 3.90. The molecule has 1 amide bonds. The van der Waals surface area contributed by atoms with Crippen molar-refractivity contribution in [3.05, 3.63) is 52.7 Å². The molecule has 2 saturated heterocycles. The third kappa shape index (κ3) is 4.58. The largest absolute Gasteiger partial charge is 0.417 e. The van der Waals surface area contributed by atoms with Gasteiger partial charge in [-0.25, -0.2) is 14.2 Å². The molecular weight excluding hydrogens is 625 g/mol. The maximum absolute atomic E-state index is 15.1. The number of aromatic nitrogens is 3. The van der Waals surface area contributed by atoms with Crippen LogP contribution in [0, 0.1) is 11.2 Å². The molecule has 224 valence electrons. The summed E-state index contributed by atoms with van der Waals surface area (Å²) in [7, 11) is 0. The van der Waals surface area contributed by atoms with E-state index in [9.17, 15) is 14.0 Å². The van der Waals surface area contributed by atoms with Gasteiger partial charge in [-0.1, -0.05) is 17.9 Å². The number of amides is 1. The van der Waals surface area contributed by atoms with Crippen LogP contribution in [-0.4, -0.2) is 68.8 Å². The number of rotatable bonds is 3. The van der Waals surface area contributed by atoms with Crippen LogP contribution in [0.25, 0.3) is 32.2 Å². The summed E-state index contributed by atoms with van der Waals surface area (Å²) in [6.07, 6.45) is -3.58. The number of nitrogens with zero attached hydrogens (tertiary/aromatic N) is 5. The Morgan fingerprint density at radius 1 is 1.12 bits per heavy atom. The predicted molar refractivity (Wildman–Crippen MR) is 163 cm³/mol. The van der Waals surface area contributed by atoms with Gasteiger partial charge in [-0.3, -0.25) is 9.36 Å². The van der Waals surface area contributed by atoms with E-state index < -0.39 is 23.2 Å². The second kappa shape index (κ2) is 10.1. The molecule has 0 aliphatic carbocycles. The first-order valence-corrected chi connectivity index (χ1v) is 16.4. The number of thioether (sulfide) groups is 2. The fourth-order valence-electron chi connectivity index (χ4n) is 6.05. The van der Waals surface area contributed by atoms with Gasteiger partial charge in [0.05, 0.1) is 21.3 Å². The molecule has 43 heavy (non-hydrogen) atoms. The molecule has 1 spiro atoms. The van der Waals surface area contributed by atoms with Crippen molar-refractivity contribution in [3.63, 3.8) is 0 Å². The summed E-state index contributed by atoms with van der Waals surface area (Å²) in [5.74, 6) is 1.34. The van der Waals surface area contributed by atoms with Crippen molar-refractivity contribution in [3.8, 4) is 11.1 Å². The molecule has 2 aromatic carbocycles. The van der Waals surface area contributed by atoms with E-state index in [1.54, 1.807) is 21.6 Å². The normalized spacial score (nSPS) is 18.2. The molecule has 0 atom stereocenters. The summed E-state index contributed by atoms with van der Waals surface area (Å²) < 4.78 is 61.5. The number of nitrogens with two attached hydrogens (primary N) is 1. The zero-order valence-electron chi connectivity index (χ0n) is 22.5. The summed E-state index contributed by atoms with van der Waals surface area (Å²) in [6, 6.07) is 3.50. The number of halogens is 4. The van der Waals surface area contributed by atoms with E-state index in [0.29, 0.717) is 35.8 Å². The number of thiazole rings is 1. The Labute approximate surface area is 254 Å². The number of hydrogen-bond acceptors (Lipinski definition) is 9. The van der Waals surface area contributed by atoms with Gasteiger partial charge < -0.3 is 15.5 Å². The van der Waals surface area contributed by atoms with Crippen LogP contribution >= 0.6 is 34.9 Å². The molecule has 0 saturated carbocycles. The Kier molecular flexibility index (Phi) is 6.70. The maximum atomic E-state index is 15.1. The number of hydrogen-bond donors (Lipinski definition) is 1. The predicted octanol–water partition coefficient (Wildman–Crippen LogP) is 5.09. The average molecular weight is 649 g/mol. The third-order valence-corrected chi connectivity index (χ3v) is 12.2. The zero-order chi connectivity index (χ0) is 30.3. The molecule has 2 fully saturated rings. The highest BCUT2D eigenvalue weighted by Gasteiger charge is 2.44. The van der Waals surface area contributed by atoms with Gasteiger partial charge in [0.15, 0.2) is 5.13 Å². The molecule has 0 bridgehead atoms. The lowest BCUT2D eigenvalue weighted by Gasteiger charge is -2.40. The van der Waals surface area contributed by atoms with Gasteiger partial charge in [0.25, 0.3) is 0 Å². The van der Waals surface area contributed by atoms with E-state index in [4.69, 9.17) is 5.73 Å². The van der Waals surface area contributed by atoms with Gasteiger partial charge in [0.2, 0.25) is 5.91 Å². The second-order valence-corrected chi connectivity index (χ2v) is 14.0. The minimum atomic E-state index is -4.80. The monoisotopic (exact) mass is 648 g/mol. The number of benzene rings is 2. The molecule has 0 unspecified atom stereocenters. The highest BCUT2D eigenvalue weighted by molar-refractivity contribution is 8.01. The van der Waals surface area contributed by atoms with E-state index in [1.165, 1.54) is 28.5 Å². The fraction of sp³-hybridized carbons (Fsp3) is 0.357. The van der Waals surface area contributed by atoms with Crippen molar-refractivity contribution in [1.82, 2.24) is 19.4 Å². The Morgan fingerprint density at radius 2 is 1.86 bits per heavy atom. The van der Waals surface area contributed by atoms with Crippen LogP contribution in [0.4, 0.5) is 28.5 Å². The first-order chi connectivity index (χ1) is 20.5. The number of carbonyl (C=O) groups excluding carboxylic acids is 1. The SMILES string of the molecule is C=CC(=O)N1CCN(c2nc(=O)n3c4c(c(-c5ccc(F)c6sc(N)nc56)c(C(F)(F)F)cc24)SCC2(CSC2)C3)CC1. The molecule has 4 aromatic rings. The van der Waals surface area contributed by atoms with Crippen molar-refractivity contribution in [2.75, 3.05) is 54.1 Å². The Bertz CT molecular complexity index is 1890. The number of alkyl halides is 3. The van der Waals surface area contributed by atoms with Crippen LogP contribution in [0.1, 0.15) is 5.56 Å². The van der Waals surface area contributed by atoms with E-state index in [1.807, 2.05) is 0 Å². The van der Waals surface area contributed by atoms with Gasteiger partial charge in [-0.05, 0) is 24.3 Å². The number of anilines is 2. The van der Waals surface area contributed by atoms with Crippen molar-refractivity contribution < 1.29 is 22.4 Å². The highest BCUT2D eigenvalue weighted by Crippen LogP contribution is 2.53. The number of fused-ring (bicyclic) bond motifs is 1. The lowest BCUT2D eigenvalue weighted by molar-refractivity contribution is -0.137. The number of carbonyl (C=O) groups is 1. The van der Waals surface area contributed by atoms with Gasteiger partial charge in [-0.2, -0.15) is 29.9 Å². The average Bonchev–Trinajstić information content (AvgIpc) is 3.25. The Morgan fingerprint density at radius 3 is 2.51 bits per heavy atom. The summed E-state index contributed by atoms with van der Waals surface area (Å²) in [5, 5.41) is 0.249. The molecule has 2 aromatic heterocycles. The van der Waals surface area contributed by atoms with E-state index in [2.05, 4.69) is 16.5 Å². The molecule has 15 heteroatoms. The van der Waals surface area contributed by atoms with Gasteiger partial charge in [0.1, 0.15) is 11.6 Å². The Hall–Kier alpha value is -3.30. The topological polar surface area (TPSA) is 97.4 Å². The van der Waals surface area contributed by atoms with Crippen molar-refractivity contribution in [2.45, 2.75) is 17.6 Å². The van der Waals surface area contributed by atoms with Crippen LogP contribution in [-0.2, 0) is 17.5 Å². The lowest BCUT2D eigenvalue weighted by Crippen LogP contribution is -2.49.